The fourth-order valence-corrected chi connectivity index (χ4v) is 2.72. The molecule has 0 amide bonds. The Hall–Kier alpha value is -0.840. The molecule has 0 unspecified atom stereocenters. The molecule has 2 N–H and O–H groups in total. The third-order valence-electron chi connectivity index (χ3n) is 2.20. The Morgan fingerprint density at radius 1 is 1.31 bits per heavy atom. The van der Waals surface area contributed by atoms with Gasteiger partial charge in [-0.25, -0.2) is 0 Å². The minimum atomic E-state index is 0.542. The van der Waals surface area contributed by atoms with Crippen molar-refractivity contribution in [2.75, 3.05) is 0 Å². The molecule has 0 aliphatic rings. The van der Waals surface area contributed by atoms with Crippen molar-refractivity contribution < 1.29 is 4.74 Å². The highest BCUT2D eigenvalue weighted by Crippen LogP contribution is 2.24. The van der Waals surface area contributed by atoms with Crippen LogP contribution in [-0.4, -0.2) is 0 Å². The first kappa shape index (κ1) is 11.6. The number of rotatable bonds is 4. The molecule has 1 aromatic heterocycles. The van der Waals surface area contributed by atoms with Gasteiger partial charge in [0.1, 0.15) is 12.4 Å². The highest BCUT2D eigenvalue weighted by molar-refractivity contribution is 9.10. The Labute approximate surface area is 107 Å². The van der Waals surface area contributed by atoms with Gasteiger partial charge in [0.05, 0.1) is 4.88 Å². The molecule has 16 heavy (non-hydrogen) atoms. The molecule has 0 aliphatic carbocycles. The molecular weight excluding hydrogens is 286 g/mol. The van der Waals surface area contributed by atoms with Gasteiger partial charge in [0.15, 0.2) is 0 Å². The van der Waals surface area contributed by atoms with Crippen LogP contribution in [0.25, 0.3) is 0 Å². The van der Waals surface area contributed by atoms with Crippen LogP contribution in [-0.2, 0) is 13.2 Å². The van der Waals surface area contributed by atoms with Crippen LogP contribution in [0.3, 0.4) is 0 Å². The molecular formula is C12H12BrNOS. The highest BCUT2D eigenvalue weighted by Gasteiger charge is 2.02. The molecule has 2 rings (SSSR count). The topological polar surface area (TPSA) is 35.2 Å². The predicted octanol–water partition coefficient (Wildman–Crippen LogP) is 3.55. The number of thiophene rings is 1. The van der Waals surface area contributed by atoms with Crippen LogP contribution in [0.5, 0.6) is 5.75 Å². The molecule has 0 saturated carbocycles. The summed E-state index contributed by atoms with van der Waals surface area (Å²) in [5.41, 5.74) is 6.66. The third kappa shape index (κ3) is 2.84. The van der Waals surface area contributed by atoms with Gasteiger partial charge in [-0.2, -0.15) is 0 Å². The van der Waals surface area contributed by atoms with Crippen molar-refractivity contribution in [1.82, 2.24) is 0 Å². The zero-order chi connectivity index (χ0) is 11.4. The summed E-state index contributed by atoms with van der Waals surface area (Å²) in [4.78, 5) is 1.19. The van der Waals surface area contributed by atoms with Gasteiger partial charge in [-0.15, -0.1) is 11.3 Å². The van der Waals surface area contributed by atoms with Gasteiger partial charge in [-0.3, -0.25) is 0 Å². The molecule has 84 valence electrons. The van der Waals surface area contributed by atoms with Crippen LogP contribution in [0.4, 0.5) is 0 Å². The van der Waals surface area contributed by atoms with Gasteiger partial charge in [0.2, 0.25) is 0 Å². The lowest BCUT2D eigenvalue weighted by Gasteiger charge is -2.06. The van der Waals surface area contributed by atoms with Gasteiger partial charge in [0, 0.05) is 11.0 Å². The SMILES string of the molecule is NCc1cccc(OCc2sccc2Br)c1. The van der Waals surface area contributed by atoms with Crippen LogP contribution in [0.1, 0.15) is 10.4 Å². The summed E-state index contributed by atoms with van der Waals surface area (Å²) >= 11 is 5.16. The molecule has 0 fully saturated rings. The molecule has 0 atom stereocenters. The number of ether oxygens (including phenoxy) is 1. The zero-order valence-corrected chi connectivity index (χ0v) is 11.1. The second-order valence-corrected chi connectivity index (χ2v) is 5.19. The van der Waals surface area contributed by atoms with E-state index in [1.54, 1.807) is 11.3 Å². The van der Waals surface area contributed by atoms with Crippen molar-refractivity contribution in [3.8, 4) is 5.75 Å². The van der Waals surface area contributed by atoms with E-state index < -0.39 is 0 Å². The minimum Gasteiger partial charge on any atom is -0.488 e. The fraction of sp³-hybridized carbons (Fsp3) is 0.167. The number of nitrogens with two attached hydrogens (primary N) is 1. The van der Waals surface area contributed by atoms with E-state index in [-0.39, 0.29) is 0 Å². The van der Waals surface area contributed by atoms with Crippen molar-refractivity contribution in [2.24, 2.45) is 5.73 Å². The van der Waals surface area contributed by atoms with Crippen molar-refractivity contribution in [1.29, 1.82) is 0 Å². The van der Waals surface area contributed by atoms with E-state index in [0.29, 0.717) is 13.2 Å². The largest absolute Gasteiger partial charge is 0.488 e. The molecule has 0 radical (unpaired) electrons. The predicted molar refractivity (Wildman–Crippen MR) is 70.7 cm³/mol. The van der Waals surface area contributed by atoms with E-state index in [1.807, 2.05) is 35.7 Å². The monoisotopic (exact) mass is 297 g/mol. The Morgan fingerprint density at radius 2 is 2.19 bits per heavy atom. The quantitative estimate of drug-likeness (QED) is 0.937. The Bertz CT molecular complexity index is 470. The van der Waals surface area contributed by atoms with Crippen LogP contribution in [0.15, 0.2) is 40.2 Å². The molecule has 4 heteroatoms. The summed E-state index contributed by atoms with van der Waals surface area (Å²) in [6, 6.07) is 9.90. The van der Waals surface area contributed by atoms with Gasteiger partial charge >= 0.3 is 0 Å². The summed E-state index contributed by atoms with van der Waals surface area (Å²) in [5, 5.41) is 2.04. The van der Waals surface area contributed by atoms with Crippen LogP contribution >= 0.6 is 27.3 Å². The molecule has 1 aromatic carbocycles. The van der Waals surface area contributed by atoms with E-state index in [4.69, 9.17) is 10.5 Å². The van der Waals surface area contributed by atoms with Gasteiger partial charge in [-0.1, -0.05) is 12.1 Å². The van der Waals surface area contributed by atoms with E-state index in [1.165, 1.54) is 4.88 Å². The summed E-state index contributed by atoms with van der Waals surface area (Å²) in [6.45, 7) is 1.13. The molecule has 0 bridgehead atoms. The Kier molecular flexibility index (Phi) is 3.98. The first-order chi connectivity index (χ1) is 7.79. The summed E-state index contributed by atoms with van der Waals surface area (Å²) in [6.07, 6.45) is 0. The molecule has 2 aromatic rings. The minimum absolute atomic E-state index is 0.542. The lowest BCUT2D eigenvalue weighted by molar-refractivity contribution is 0.309. The highest BCUT2D eigenvalue weighted by atomic mass is 79.9. The third-order valence-corrected chi connectivity index (χ3v) is 4.09. The first-order valence-corrected chi connectivity index (χ1v) is 6.60. The van der Waals surface area contributed by atoms with Crippen LogP contribution in [0.2, 0.25) is 0 Å². The maximum absolute atomic E-state index is 5.70. The zero-order valence-electron chi connectivity index (χ0n) is 8.65. The average molecular weight is 298 g/mol. The van der Waals surface area contributed by atoms with Gasteiger partial charge in [-0.05, 0) is 45.1 Å². The second-order valence-electron chi connectivity index (χ2n) is 3.33. The number of hydrogen-bond acceptors (Lipinski definition) is 3. The molecule has 2 nitrogen and oxygen atoms in total. The van der Waals surface area contributed by atoms with Crippen molar-refractivity contribution in [3.05, 3.63) is 50.6 Å². The fourth-order valence-electron chi connectivity index (χ4n) is 1.34. The normalized spacial score (nSPS) is 10.4. The number of hydrogen-bond donors (Lipinski definition) is 1. The van der Waals surface area contributed by atoms with Crippen LogP contribution < -0.4 is 10.5 Å². The van der Waals surface area contributed by atoms with E-state index >= 15 is 0 Å². The van der Waals surface area contributed by atoms with Crippen molar-refractivity contribution >= 4 is 27.3 Å². The molecule has 1 heterocycles. The molecule has 0 spiro atoms. The Balaban J connectivity index is 2.02. The summed E-state index contributed by atoms with van der Waals surface area (Å²) in [7, 11) is 0. The lowest BCUT2D eigenvalue weighted by atomic mass is 10.2. The summed E-state index contributed by atoms with van der Waals surface area (Å²) < 4.78 is 6.80. The van der Waals surface area contributed by atoms with Gasteiger partial charge < -0.3 is 10.5 Å². The van der Waals surface area contributed by atoms with E-state index in [9.17, 15) is 0 Å². The lowest BCUT2D eigenvalue weighted by Crippen LogP contribution is -1.98. The standard InChI is InChI=1S/C12H12BrNOS/c13-11-4-5-16-12(11)8-15-10-3-1-2-9(6-10)7-14/h1-6H,7-8,14H2. The number of halogens is 1. The average Bonchev–Trinajstić information content (AvgIpc) is 2.72. The van der Waals surface area contributed by atoms with E-state index in [0.717, 1.165) is 15.8 Å². The second kappa shape index (κ2) is 5.48. The number of benzene rings is 1. The maximum atomic E-state index is 5.70. The smallest absolute Gasteiger partial charge is 0.124 e. The molecule has 0 aliphatic heterocycles. The van der Waals surface area contributed by atoms with Crippen molar-refractivity contribution in [2.45, 2.75) is 13.2 Å². The van der Waals surface area contributed by atoms with Crippen molar-refractivity contribution in [3.63, 3.8) is 0 Å². The van der Waals surface area contributed by atoms with E-state index in [2.05, 4.69) is 15.9 Å². The maximum Gasteiger partial charge on any atom is 0.124 e. The molecule has 0 saturated heterocycles. The van der Waals surface area contributed by atoms with Gasteiger partial charge in [0.25, 0.3) is 0 Å². The summed E-state index contributed by atoms with van der Waals surface area (Å²) in [5.74, 6) is 0.864. The Morgan fingerprint density at radius 3 is 2.88 bits per heavy atom. The first-order valence-electron chi connectivity index (χ1n) is 4.93. The van der Waals surface area contributed by atoms with Crippen LogP contribution in [0, 0.1) is 0 Å².